The van der Waals surface area contributed by atoms with Gasteiger partial charge in [-0.2, -0.15) is 0 Å². The molecule has 0 spiro atoms. The third kappa shape index (κ3) is 4.13. The van der Waals surface area contributed by atoms with Crippen molar-refractivity contribution in [1.82, 2.24) is 15.2 Å². The smallest absolute Gasteiger partial charge is 0.253 e. The lowest BCUT2D eigenvalue weighted by molar-refractivity contribution is -0.142. The number of rotatable bonds is 4. The zero-order valence-corrected chi connectivity index (χ0v) is 17.5. The zero-order valence-electron chi connectivity index (χ0n) is 17.5. The fraction of sp³-hybridized carbons (Fsp3) is 0.458. The lowest BCUT2D eigenvalue weighted by atomic mass is 9.76. The van der Waals surface area contributed by atoms with Crippen LogP contribution in [-0.4, -0.2) is 47.4 Å². The van der Waals surface area contributed by atoms with Crippen molar-refractivity contribution in [1.29, 1.82) is 0 Å². The molecule has 4 heterocycles. The molecule has 1 N–H and O–H groups in total. The molecule has 0 radical (unpaired) electrons. The summed E-state index contributed by atoms with van der Waals surface area (Å²) < 4.78 is 13.3. The molecule has 2 bridgehead atoms. The van der Waals surface area contributed by atoms with Gasteiger partial charge in [0.1, 0.15) is 11.6 Å². The van der Waals surface area contributed by atoms with Crippen molar-refractivity contribution in [2.45, 2.75) is 38.3 Å². The first-order chi connectivity index (χ1) is 15.1. The summed E-state index contributed by atoms with van der Waals surface area (Å²) in [6.45, 7) is 2.93. The van der Waals surface area contributed by atoms with E-state index in [0.29, 0.717) is 41.3 Å². The van der Waals surface area contributed by atoms with Crippen LogP contribution in [0.3, 0.4) is 0 Å². The highest BCUT2D eigenvalue weighted by molar-refractivity contribution is 5.94. The quantitative estimate of drug-likeness (QED) is 0.823. The van der Waals surface area contributed by atoms with E-state index in [4.69, 9.17) is 0 Å². The molecule has 0 aliphatic carbocycles. The lowest BCUT2D eigenvalue weighted by Crippen LogP contribution is -2.60. The summed E-state index contributed by atoms with van der Waals surface area (Å²) in [5.74, 6) is 1.64. The largest absolute Gasteiger partial charge is 0.356 e. The second-order valence-electron chi connectivity index (χ2n) is 8.99. The number of anilines is 1. The SMILES string of the molecule is O=C(NCc1cccc(F)c1)c1ccc(N2C[C@H]3C[C@H](C2)[C@H]2CCCC(=O)N2C3)nc1. The molecule has 1 aromatic carbocycles. The van der Waals surface area contributed by atoms with Crippen LogP contribution in [0.15, 0.2) is 42.6 Å². The number of nitrogens with one attached hydrogen (secondary N) is 1. The van der Waals surface area contributed by atoms with Gasteiger partial charge in [0.2, 0.25) is 5.91 Å². The van der Waals surface area contributed by atoms with Gasteiger partial charge < -0.3 is 15.1 Å². The molecular weight excluding hydrogens is 395 g/mol. The van der Waals surface area contributed by atoms with Gasteiger partial charge in [-0.3, -0.25) is 9.59 Å². The van der Waals surface area contributed by atoms with E-state index in [1.807, 2.05) is 6.07 Å². The van der Waals surface area contributed by atoms with Gasteiger partial charge in [-0.25, -0.2) is 9.37 Å². The van der Waals surface area contributed by atoms with Gasteiger partial charge in [0.15, 0.2) is 0 Å². The van der Waals surface area contributed by atoms with Crippen molar-refractivity contribution in [2.24, 2.45) is 11.8 Å². The number of fused-ring (bicyclic) bond motifs is 4. The number of halogens is 1. The number of hydrogen-bond acceptors (Lipinski definition) is 4. The van der Waals surface area contributed by atoms with Gasteiger partial charge in [-0.1, -0.05) is 12.1 Å². The topological polar surface area (TPSA) is 65.5 Å². The van der Waals surface area contributed by atoms with Gasteiger partial charge in [-0.05, 0) is 60.9 Å². The Balaban J connectivity index is 1.22. The van der Waals surface area contributed by atoms with Crippen LogP contribution in [0.1, 0.15) is 41.6 Å². The van der Waals surface area contributed by atoms with E-state index in [1.165, 1.54) is 18.6 Å². The number of pyridine rings is 1. The maximum absolute atomic E-state index is 13.3. The van der Waals surface area contributed by atoms with Gasteiger partial charge in [-0.15, -0.1) is 0 Å². The fourth-order valence-corrected chi connectivity index (χ4v) is 5.44. The molecule has 7 heteroatoms. The minimum atomic E-state index is -0.315. The molecule has 162 valence electrons. The molecule has 31 heavy (non-hydrogen) atoms. The second kappa shape index (κ2) is 8.29. The van der Waals surface area contributed by atoms with Crippen LogP contribution >= 0.6 is 0 Å². The predicted octanol–water partition coefficient (Wildman–Crippen LogP) is 2.99. The molecule has 0 saturated carbocycles. The summed E-state index contributed by atoms with van der Waals surface area (Å²) in [5.41, 5.74) is 1.20. The number of hydrogen-bond donors (Lipinski definition) is 1. The van der Waals surface area contributed by atoms with E-state index < -0.39 is 0 Å². The van der Waals surface area contributed by atoms with Crippen molar-refractivity contribution in [3.63, 3.8) is 0 Å². The van der Waals surface area contributed by atoms with Crippen molar-refractivity contribution < 1.29 is 14.0 Å². The van der Waals surface area contributed by atoms with E-state index in [0.717, 1.165) is 38.3 Å². The third-order valence-electron chi connectivity index (χ3n) is 6.86. The van der Waals surface area contributed by atoms with Gasteiger partial charge in [0.05, 0.1) is 5.56 Å². The van der Waals surface area contributed by atoms with Crippen LogP contribution in [0, 0.1) is 17.7 Å². The summed E-state index contributed by atoms with van der Waals surface area (Å²) in [6, 6.07) is 10.3. The second-order valence-corrected chi connectivity index (χ2v) is 8.99. The minimum absolute atomic E-state index is 0.227. The van der Waals surface area contributed by atoms with Crippen LogP contribution in [-0.2, 0) is 11.3 Å². The van der Waals surface area contributed by atoms with E-state index in [1.54, 1.807) is 24.4 Å². The monoisotopic (exact) mass is 422 g/mol. The van der Waals surface area contributed by atoms with Crippen LogP contribution in [0.2, 0.25) is 0 Å². The third-order valence-corrected chi connectivity index (χ3v) is 6.86. The highest BCUT2D eigenvalue weighted by Gasteiger charge is 2.44. The van der Waals surface area contributed by atoms with Crippen molar-refractivity contribution >= 4 is 17.6 Å². The summed E-state index contributed by atoms with van der Waals surface area (Å²) in [7, 11) is 0. The Bertz CT molecular complexity index is 980. The molecule has 1 aromatic heterocycles. The van der Waals surface area contributed by atoms with Crippen LogP contribution in [0.25, 0.3) is 0 Å². The van der Waals surface area contributed by atoms with Gasteiger partial charge >= 0.3 is 0 Å². The minimum Gasteiger partial charge on any atom is -0.356 e. The lowest BCUT2D eigenvalue weighted by Gasteiger charge is -2.52. The molecule has 3 saturated heterocycles. The first kappa shape index (κ1) is 20.0. The standard InChI is InChI=1S/C24H27FN4O2/c25-20-4-1-3-16(10-20)11-27-24(31)18-7-8-22(26-12-18)28-13-17-9-19(15-28)21-5-2-6-23(30)29(21)14-17/h1,3-4,7-8,10,12,17,19,21H,2,5-6,9,11,13-15H2,(H,27,31)/t17-,19-,21-/m1/s1. The molecule has 6 nitrogen and oxygen atoms in total. The molecule has 5 rings (SSSR count). The van der Waals surface area contributed by atoms with Crippen LogP contribution < -0.4 is 10.2 Å². The number of piperidine rings is 3. The molecular formula is C24H27FN4O2. The highest BCUT2D eigenvalue weighted by atomic mass is 19.1. The van der Waals surface area contributed by atoms with Crippen molar-refractivity contribution in [2.75, 3.05) is 24.5 Å². The molecule has 3 atom stereocenters. The Kier molecular flexibility index (Phi) is 5.34. The molecule has 3 aliphatic heterocycles. The average Bonchev–Trinajstić information content (AvgIpc) is 2.78. The Morgan fingerprint density at radius 3 is 2.90 bits per heavy atom. The molecule has 3 aliphatic rings. The van der Waals surface area contributed by atoms with Crippen molar-refractivity contribution in [3.05, 3.63) is 59.5 Å². The van der Waals surface area contributed by atoms with Crippen molar-refractivity contribution in [3.8, 4) is 0 Å². The zero-order chi connectivity index (χ0) is 21.4. The van der Waals surface area contributed by atoms with E-state index in [-0.39, 0.29) is 18.3 Å². The van der Waals surface area contributed by atoms with Crippen LogP contribution in [0.4, 0.5) is 10.2 Å². The predicted molar refractivity (Wildman–Crippen MR) is 115 cm³/mol. The Hall–Kier alpha value is -2.96. The number of carbonyl (C=O) groups is 2. The summed E-state index contributed by atoms with van der Waals surface area (Å²) >= 11 is 0. The number of benzene rings is 1. The Labute approximate surface area is 181 Å². The van der Waals surface area contributed by atoms with Crippen LogP contribution in [0.5, 0.6) is 0 Å². The number of aromatic nitrogens is 1. The van der Waals surface area contributed by atoms with E-state index >= 15 is 0 Å². The van der Waals surface area contributed by atoms with Gasteiger partial charge in [0, 0.05) is 44.8 Å². The molecule has 3 fully saturated rings. The summed E-state index contributed by atoms with van der Waals surface area (Å²) in [6.07, 6.45) is 5.60. The Morgan fingerprint density at radius 2 is 2.10 bits per heavy atom. The fourth-order valence-electron chi connectivity index (χ4n) is 5.44. The highest BCUT2D eigenvalue weighted by Crippen LogP contribution is 2.38. The summed E-state index contributed by atoms with van der Waals surface area (Å²) in [4.78, 5) is 33.8. The first-order valence-corrected chi connectivity index (χ1v) is 11.1. The maximum Gasteiger partial charge on any atom is 0.253 e. The molecule has 2 amide bonds. The Morgan fingerprint density at radius 1 is 1.19 bits per heavy atom. The van der Waals surface area contributed by atoms with E-state index in [9.17, 15) is 14.0 Å². The van der Waals surface area contributed by atoms with E-state index in [2.05, 4.69) is 20.1 Å². The summed E-state index contributed by atoms with van der Waals surface area (Å²) in [5, 5.41) is 2.81. The molecule has 2 aromatic rings. The van der Waals surface area contributed by atoms with Gasteiger partial charge in [0.25, 0.3) is 5.91 Å². The number of nitrogens with zero attached hydrogens (tertiary/aromatic N) is 3. The molecule has 0 unspecified atom stereocenters. The number of amides is 2. The number of carbonyl (C=O) groups excluding carboxylic acids is 2. The normalized spacial score (nSPS) is 25.2. The maximum atomic E-state index is 13.3. The first-order valence-electron chi connectivity index (χ1n) is 11.1. The average molecular weight is 423 g/mol.